The normalized spacial score (nSPS) is 12.2. The minimum Gasteiger partial charge on any atom is -0.342 e. The van der Waals surface area contributed by atoms with Crippen LogP contribution in [-0.4, -0.2) is 20.7 Å². The van der Waals surface area contributed by atoms with Crippen molar-refractivity contribution in [3.63, 3.8) is 0 Å². The summed E-state index contributed by atoms with van der Waals surface area (Å²) in [6, 6.07) is 13.1. The van der Waals surface area contributed by atoms with Crippen LogP contribution in [0.15, 0.2) is 47.6 Å². The maximum Gasteiger partial charge on any atom is 0.253 e. The fourth-order valence-corrected chi connectivity index (χ4v) is 4.86. The second kappa shape index (κ2) is 11.2. The number of halogens is 2. The SMILES string of the molecule is CCn1c(SCc2ccc(C)cc2)nnc1C(CC(C)C)NC(=O)c1ccc(Cl)cc1Cl. The molecular weight excluding hydrogens is 463 g/mol. The highest BCUT2D eigenvalue weighted by Crippen LogP contribution is 2.28. The molecule has 1 aromatic heterocycles. The smallest absolute Gasteiger partial charge is 0.253 e. The summed E-state index contributed by atoms with van der Waals surface area (Å²) in [6.45, 7) is 9.09. The van der Waals surface area contributed by atoms with Crippen molar-refractivity contribution in [2.45, 2.75) is 57.6 Å². The van der Waals surface area contributed by atoms with Gasteiger partial charge in [-0.1, -0.05) is 78.6 Å². The fourth-order valence-electron chi connectivity index (χ4n) is 3.40. The third-order valence-corrected chi connectivity index (χ3v) is 6.64. The molecule has 1 amide bonds. The number of thioether (sulfide) groups is 1. The average molecular weight is 491 g/mol. The third kappa shape index (κ3) is 6.27. The van der Waals surface area contributed by atoms with Gasteiger partial charge in [0.1, 0.15) is 0 Å². The highest BCUT2D eigenvalue weighted by Gasteiger charge is 2.25. The third-order valence-electron chi connectivity index (χ3n) is 5.05. The molecular formula is C24H28Cl2N4OS. The summed E-state index contributed by atoms with van der Waals surface area (Å²) in [7, 11) is 0. The number of carbonyl (C=O) groups is 1. The molecule has 32 heavy (non-hydrogen) atoms. The van der Waals surface area contributed by atoms with E-state index in [0.717, 1.165) is 23.2 Å². The molecule has 0 bridgehead atoms. The number of hydrogen-bond acceptors (Lipinski definition) is 4. The van der Waals surface area contributed by atoms with Crippen molar-refractivity contribution in [2.24, 2.45) is 5.92 Å². The van der Waals surface area contributed by atoms with Crippen LogP contribution in [0.25, 0.3) is 0 Å². The van der Waals surface area contributed by atoms with Crippen LogP contribution in [0.3, 0.4) is 0 Å². The second-order valence-electron chi connectivity index (χ2n) is 8.14. The highest BCUT2D eigenvalue weighted by molar-refractivity contribution is 7.98. The number of aromatic nitrogens is 3. The van der Waals surface area contributed by atoms with Crippen molar-refractivity contribution in [3.8, 4) is 0 Å². The van der Waals surface area contributed by atoms with Gasteiger partial charge >= 0.3 is 0 Å². The van der Waals surface area contributed by atoms with E-state index >= 15 is 0 Å². The number of aryl methyl sites for hydroxylation is 1. The predicted octanol–water partition coefficient (Wildman–Crippen LogP) is 6.72. The molecule has 8 heteroatoms. The zero-order chi connectivity index (χ0) is 23.3. The van der Waals surface area contributed by atoms with Crippen LogP contribution in [0.1, 0.15) is 60.5 Å². The van der Waals surface area contributed by atoms with Crippen molar-refractivity contribution in [1.82, 2.24) is 20.1 Å². The predicted molar refractivity (Wildman–Crippen MR) is 133 cm³/mol. The summed E-state index contributed by atoms with van der Waals surface area (Å²) in [4.78, 5) is 13.0. The van der Waals surface area contributed by atoms with Gasteiger partial charge in [0.25, 0.3) is 5.91 Å². The Balaban J connectivity index is 1.82. The summed E-state index contributed by atoms with van der Waals surface area (Å²) in [5, 5.41) is 13.7. The quantitative estimate of drug-likeness (QED) is 0.338. The van der Waals surface area contributed by atoms with E-state index in [1.54, 1.807) is 30.0 Å². The number of benzene rings is 2. The summed E-state index contributed by atoms with van der Waals surface area (Å²) in [5.74, 6) is 1.66. The second-order valence-corrected chi connectivity index (χ2v) is 9.93. The summed E-state index contributed by atoms with van der Waals surface area (Å²) in [5.41, 5.74) is 2.87. The van der Waals surface area contributed by atoms with Crippen LogP contribution < -0.4 is 5.32 Å². The molecule has 0 spiro atoms. The lowest BCUT2D eigenvalue weighted by molar-refractivity contribution is 0.0929. The first-order chi connectivity index (χ1) is 15.3. The Labute approximate surface area is 203 Å². The van der Waals surface area contributed by atoms with Crippen molar-refractivity contribution in [2.75, 3.05) is 0 Å². The van der Waals surface area contributed by atoms with Gasteiger partial charge in [-0.3, -0.25) is 4.79 Å². The van der Waals surface area contributed by atoms with E-state index in [2.05, 4.69) is 72.0 Å². The molecule has 0 fully saturated rings. The molecule has 1 unspecified atom stereocenters. The highest BCUT2D eigenvalue weighted by atomic mass is 35.5. The lowest BCUT2D eigenvalue weighted by Gasteiger charge is -2.21. The number of hydrogen-bond donors (Lipinski definition) is 1. The molecule has 5 nitrogen and oxygen atoms in total. The Hall–Kier alpha value is -2.02. The van der Waals surface area contributed by atoms with Crippen LogP contribution in [-0.2, 0) is 12.3 Å². The van der Waals surface area contributed by atoms with Crippen LogP contribution in [0, 0.1) is 12.8 Å². The molecule has 0 aliphatic carbocycles. The standard InChI is InChI=1S/C24H28Cl2N4OS/c1-5-30-22(28-29-24(30)32-14-17-8-6-16(4)7-9-17)21(12-15(2)3)27-23(31)19-11-10-18(25)13-20(19)26/h6-11,13,15,21H,5,12,14H2,1-4H3,(H,27,31). The topological polar surface area (TPSA) is 59.8 Å². The minimum absolute atomic E-state index is 0.253. The molecule has 3 aromatic rings. The van der Waals surface area contributed by atoms with E-state index in [-0.39, 0.29) is 11.9 Å². The molecule has 1 atom stereocenters. The van der Waals surface area contributed by atoms with E-state index < -0.39 is 0 Å². The largest absolute Gasteiger partial charge is 0.342 e. The van der Waals surface area contributed by atoms with E-state index in [1.165, 1.54) is 11.1 Å². The van der Waals surface area contributed by atoms with Crippen molar-refractivity contribution in [3.05, 3.63) is 75.0 Å². The van der Waals surface area contributed by atoms with E-state index in [1.807, 2.05) is 0 Å². The molecule has 0 aliphatic rings. The van der Waals surface area contributed by atoms with E-state index in [9.17, 15) is 4.79 Å². The van der Waals surface area contributed by atoms with Gasteiger partial charge in [-0.2, -0.15) is 0 Å². The lowest BCUT2D eigenvalue weighted by Crippen LogP contribution is -2.31. The molecule has 1 N–H and O–H groups in total. The Morgan fingerprint density at radius 3 is 2.47 bits per heavy atom. The van der Waals surface area contributed by atoms with E-state index in [4.69, 9.17) is 23.2 Å². The molecule has 0 radical (unpaired) electrons. The van der Waals surface area contributed by atoms with Gasteiger partial charge < -0.3 is 9.88 Å². The first-order valence-corrected chi connectivity index (χ1v) is 12.4. The molecule has 170 valence electrons. The van der Waals surface area contributed by atoms with Gasteiger partial charge in [-0.25, -0.2) is 0 Å². The molecule has 2 aromatic carbocycles. The average Bonchev–Trinajstić information content (AvgIpc) is 3.15. The Morgan fingerprint density at radius 2 is 1.84 bits per heavy atom. The van der Waals surface area contributed by atoms with E-state index in [0.29, 0.717) is 28.1 Å². The maximum atomic E-state index is 13.0. The van der Waals surface area contributed by atoms with Gasteiger partial charge in [-0.15, -0.1) is 10.2 Å². The van der Waals surface area contributed by atoms with Gasteiger partial charge in [0.05, 0.1) is 16.6 Å². The van der Waals surface area contributed by atoms with Crippen molar-refractivity contribution >= 4 is 40.9 Å². The number of amides is 1. The first-order valence-electron chi connectivity index (χ1n) is 10.7. The van der Waals surface area contributed by atoms with Gasteiger partial charge in [-0.05, 0) is 49.9 Å². The first kappa shape index (κ1) is 24.6. The molecule has 0 saturated heterocycles. The molecule has 1 heterocycles. The van der Waals surface area contributed by atoms with Crippen molar-refractivity contribution in [1.29, 1.82) is 0 Å². The molecule has 0 saturated carbocycles. The zero-order valence-electron chi connectivity index (χ0n) is 18.7. The fraction of sp³-hybridized carbons (Fsp3) is 0.375. The Morgan fingerprint density at radius 1 is 1.12 bits per heavy atom. The van der Waals surface area contributed by atoms with Crippen molar-refractivity contribution < 1.29 is 4.79 Å². The van der Waals surface area contributed by atoms with Crippen LogP contribution in [0.4, 0.5) is 0 Å². The number of nitrogens with one attached hydrogen (secondary N) is 1. The number of carbonyl (C=O) groups excluding carboxylic acids is 1. The number of rotatable bonds is 9. The lowest BCUT2D eigenvalue weighted by atomic mass is 10.0. The van der Waals surface area contributed by atoms with Crippen LogP contribution >= 0.6 is 35.0 Å². The van der Waals surface area contributed by atoms with Gasteiger partial charge in [0, 0.05) is 17.3 Å². The Kier molecular flexibility index (Phi) is 8.63. The summed E-state index contributed by atoms with van der Waals surface area (Å²) >= 11 is 13.9. The molecule has 0 aliphatic heterocycles. The van der Waals surface area contributed by atoms with Gasteiger partial charge in [0.2, 0.25) is 0 Å². The maximum absolute atomic E-state index is 13.0. The van der Waals surface area contributed by atoms with Gasteiger partial charge in [0.15, 0.2) is 11.0 Å². The van der Waals surface area contributed by atoms with Crippen LogP contribution in [0.5, 0.6) is 0 Å². The molecule has 3 rings (SSSR count). The van der Waals surface area contributed by atoms with Crippen LogP contribution in [0.2, 0.25) is 10.0 Å². The summed E-state index contributed by atoms with van der Waals surface area (Å²) < 4.78 is 2.08. The number of nitrogens with zero attached hydrogens (tertiary/aromatic N) is 3. The minimum atomic E-state index is -0.282. The monoisotopic (exact) mass is 490 g/mol. The Bertz CT molecular complexity index is 1070. The zero-order valence-corrected chi connectivity index (χ0v) is 21.1. The summed E-state index contributed by atoms with van der Waals surface area (Å²) in [6.07, 6.45) is 0.734.